The highest BCUT2D eigenvalue weighted by molar-refractivity contribution is 9.11. The number of rotatable bonds is 5. The maximum atomic E-state index is 9.81. The van der Waals surface area contributed by atoms with Crippen molar-refractivity contribution < 1.29 is 9.84 Å². The van der Waals surface area contributed by atoms with E-state index in [1.54, 1.807) is 19.2 Å². The summed E-state index contributed by atoms with van der Waals surface area (Å²) in [6, 6.07) is 3.49. The van der Waals surface area contributed by atoms with Gasteiger partial charge in [-0.1, -0.05) is 15.9 Å². The highest BCUT2D eigenvalue weighted by atomic mass is 79.9. The average molecular weight is 411 g/mol. The normalized spacial score (nSPS) is 10.7. The lowest BCUT2D eigenvalue weighted by Gasteiger charge is -2.06. The van der Waals surface area contributed by atoms with E-state index in [1.807, 2.05) is 0 Å². The molecule has 5 nitrogen and oxygen atoms in total. The van der Waals surface area contributed by atoms with Gasteiger partial charge >= 0.3 is 0 Å². The van der Waals surface area contributed by atoms with E-state index < -0.39 is 0 Å². The molecule has 0 fully saturated rings. The Hall–Kier alpha value is -0.700. The summed E-state index contributed by atoms with van der Waals surface area (Å²) in [5.41, 5.74) is 3.21. The largest absolute Gasteiger partial charge is 0.506 e. The molecule has 0 heterocycles. The second-order valence-corrected chi connectivity index (χ2v) is 5.62. The van der Waals surface area contributed by atoms with Crippen LogP contribution in [0.1, 0.15) is 5.56 Å². The van der Waals surface area contributed by atoms with Crippen LogP contribution in [0.2, 0.25) is 0 Å². The fourth-order valence-corrected chi connectivity index (χ4v) is 2.56. The van der Waals surface area contributed by atoms with Gasteiger partial charge in [0.25, 0.3) is 0 Å². The number of hydrazone groups is 1. The number of halogens is 2. The number of hydrogen-bond acceptors (Lipinski definition) is 4. The number of nitrogens with one attached hydrogen (secondary N) is 2. The first-order valence-electron chi connectivity index (χ1n) is 5.28. The van der Waals surface area contributed by atoms with Crippen LogP contribution in [0.4, 0.5) is 0 Å². The van der Waals surface area contributed by atoms with Crippen molar-refractivity contribution >= 4 is 55.4 Å². The van der Waals surface area contributed by atoms with Crippen molar-refractivity contribution in [3.63, 3.8) is 0 Å². The number of methoxy groups -OCH3 is 1. The second kappa shape index (κ2) is 8.47. The molecule has 0 bridgehead atoms. The molecule has 1 aromatic rings. The number of nitrogens with zero attached hydrogens (tertiary/aromatic N) is 1. The predicted molar refractivity (Wildman–Crippen MR) is 86.7 cm³/mol. The maximum absolute atomic E-state index is 9.81. The van der Waals surface area contributed by atoms with E-state index in [1.165, 1.54) is 6.21 Å². The highest BCUT2D eigenvalue weighted by Crippen LogP contribution is 2.30. The summed E-state index contributed by atoms with van der Waals surface area (Å²) in [5.74, 6) is 0.118. The quantitative estimate of drug-likeness (QED) is 0.301. The Balaban J connectivity index is 2.55. The van der Waals surface area contributed by atoms with Gasteiger partial charge in [-0.15, -0.1) is 0 Å². The summed E-state index contributed by atoms with van der Waals surface area (Å²) < 4.78 is 6.30. The molecule has 104 valence electrons. The Kier molecular flexibility index (Phi) is 7.29. The number of aromatic hydroxyl groups is 1. The van der Waals surface area contributed by atoms with Crippen LogP contribution in [0.15, 0.2) is 26.2 Å². The molecule has 3 N–H and O–H groups in total. The molecule has 0 amide bonds. The molecule has 0 atom stereocenters. The van der Waals surface area contributed by atoms with Gasteiger partial charge in [0, 0.05) is 23.7 Å². The number of benzene rings is 1. The molecule has 0 spiro atoms. The zero-order valence-corrected chi connectivity index (χ0v) is 14.1. The SMILES string of the molecule is COCCNC(=S)NN=Cc1cc(Br)cc(Br)c1O. The Morgan fingerprint density at radius 1 is 1.53 bits per heavy atom. The topological polar surface area (TPSA) is 65.9 Å². The first-order chi connectivity index (χ1) is 9.04. The summed E-state index contributed by atoms with van der Waals surface area (Å²) >= 11 is 11.6. The Morgan fingerprint density at radius 2 is 2.26 bits per heavy atom. The summed E-state index contributed by atoms with van der Waals surface area (Å²) in [5, 5.41) is 17.0. The minimum absolute atomic E-state index is 0.118. The number of phenolic OH excluding ortho intramolecular Hbond substituents is 1. The van der Waals surface area contributed by atoms with Gasteiger partial charge in [-0.05, 0) is 40.3 Å². The van der Waals surface area contributed by atoms with Gasteiger partial charge in [0.05, 0.1) is 17.3 Å². The van der Waals surface area contributed by atoms with E-state index in [-0.39, 0.29) is 5.75 Å². The summed E-state index contributed by atoms with van der Waals surface area (Å²) in [6.45, 7) is 1.16. The second-order valence-electron chi connectivity index (χ2n) is 3.44. The minimum Gasteiger partial charge on any atom is -0.506 e. The van der Waals surface area contributed by atoms with Gasteiger partial charge in [0.2, 0.25) is 0 Å². The molecule has 19 heavy (non-hydrogen) atoms. The van der Waals surface area contributed by atoms with Crippen molar-refractivity contribution in [2.75, 3.05) is 20.3 Å². The molecule has 0 aromatic heterocycles. The molecule has 1 aromatic carbocycles. The highest BCUT2D eigenvalue weighted by Gasteiger charge is 2.05. The monoisotopic (exact) mass is 409 g/mol. The summed E-state index contributed by atoms with van der Waals surface area (Å²) in [6.07, 6.45) is 1.48. The summed E-state index contributed by atoms with van der Waals surface area (Å²) in [4.78, 5) is 0. The van der Waals surface area contributed by atoms with Crippen LogP contribution in [0.3, 0.4) is 0 Å². The van der Waals surface area contributed by atoms with Crippen LogP contribution in [0.5, 0.6) is 5.75 Å². The Bertz CT molecular complexity index is 483. The fourth-order valence-electron chi connectivity index (χ4n) is 1.15. The van der Waals surface area contributed by atoms with Gasteiger partial charge in [-0.25, -0.2) is 0 Å². The lowest BCUT2D eigenvalue weighted by atomic mass is 10.2. The lowest BCUT2D eigenvalue weighted by Crippen LogP contribution is -2.34. The number of phenols is 1. The smallest absolute Gasteiger partial charge is 0.187 e. The number of thiocarbonyl (C=S) groups is 1. The molecular formula is C11H13Br2N3O2S. The average Bonchev–Trinajstić information content (AvgIpc) is 2.35. The van der Waals surface area contributed by atoms with Crippen LogP contribution in [-0.2, 0) is 4.74 Å². The third-order valence-corrected chi connectivity index (χ3v) is 3.32. The van der Waals surface area contributed by atoms with E-state index >= 15 is 0 Å². The molecule has 1 rings (SSSR count). The van der Waals surface area contributed by atoms with E-state index in [9.17, 15) is 5.11 Å². The Morgan fingerprint density at radius 3 is 2.95 bits per heavy atom. The first-order valence-corrected chi connectivity index (χ1v) is 7.28. The van der Waals surface area contributed by atoms with E-state index in [0.717, 1.165) is 4.47 Å². The van der Waals surface area contributed by atoms with Crippen LogP contribution in [0, 0.1) is 0 Å². The molecular weight excluding hydrogens is 398 g/mol. The molecule has 0 aliphatic carbocycles. The summed E-state index contributed by atoms with van der Waals surface area (Å²) in [7, 11) is 1.62. The van der Waals surface area contributed by atoms with Crippen molar-refractivity contribution in [3.8, 4) is 5.75 Å². The van der Waals surface area contributed by atoms with Crippen molar-refractivity contribution in [2.24, 2.45) is 5.10 Å². The Labute approximate surface area is 133 Å². The van der Waals surface area contributed by atoms with E-state index in [0.29, 0.717) is 28.3 Å². The zero-order chi connectivity index (χ0) is 14.3. The fraction of sp³-hybridized carbons (Fsp3) is 0.273. The molecule has 0 saturated carbocycles. The van der Waals surface area contributed by atoms with E-state index in [4.69, 9.17) is 17.0 Å². The zero-order valence-electron chi connectivity index (χ0n) is 10.1. The third-order valence-electron chi connectivity index (χ3n) is 2.02. The standard InChI is InChI=1S/C11H13Br2N3O2S/c1-18-3-2-14-11(19)16-15-6-7-4-8(12)5-9(13)10(7)17/h4-6,17H,2-3H2,1H3,(H2,14,16,19). The molecule has 0 radical (unpaired) electrons. The molecule has 0 aliphatic rings. The van der Waals surface area contributed by atoms with Crippen molar-refractivity contribution in [3.05, 3.63) is 26.6 Å². The lowest BCUT2D eigenvalue weighted by molar-refractivity contribution is 0.204. The molecule has 8 heteroatoms. The maximum Gasteiger partial charge on any atom is 0.187 e. The number of ether oxygens (including phenoxy) is 1. The van der Waals surface area contributed by atoms with Crippen LogP contribution < -0.4 is 10.7 Å². The van der Waals surface area contributed by atoms with E-state index in [2.05, 4.69) is 47.7 Å². The number of hydrogen-bond donors (Lipinski definition) is 3. The van der Waals surface area contributed by atoms with Crippen molar-refractivity contribution in [1.29, 1.82) is 0 Å². The van der Waals surface area contributed by atoms with Crippen LogP contribution in [-0.4, -0.2) is 36.7 Å². The molecule has 0 saturated heterocycles. The van der Waals surface area contributed by atoms with Crippen LogP contribution in [0.25, 0.3) is 0 Å². The predicted octanol–water partition coefficient (Wildman–Crippen LogP) is 2.36. The van der Waals surface area contributed by atoms with Gasteiger partial charge in [-0.2, -0.15) is 5.10 Å². The minimum atomic E-state index is 0.118. The molecule has 0 unspecified atom stereocenters. The van der Waals surface area contributed by atoms with Crippen molar-refractivity contribution in [1.82, 2.24) is 10.7 Å². The molecule has 0 aliphatic heterocycles. The third kappa shape index (κ3) is 5.85. The van der Waals surface area contributed by atoms with Gasteiger partial charge < -0.3 is 15.2 Å². The van der Waals surface area contributed by atoms with Crippen LogP contribution >= 0.6 is 44.1 Å². The van der Waals surface area contributed by atoms with Gasteiger partial charge in [0.1, 0.15) is 5.75 Å². The first kappa shape index (κ1) is 16.4. The van der Waals surface area contributed by atoms with Gasteiger partial charge in [0.15, 0.2) is 5.11 Å². The van der Waals surface area contributed by atoms with Gasteiger partial charge in [-0.3, -0.25) is 5.43 Å². The van der Waals surface area contributed by atoms with Crippen molar-refractivity contribution in [2.45, 2.75) is 0 Å².